The van der Waals surface area contributed by atoms with Gasteiger partial charge in [0.25, 0.3) is 5.91 Å². The predicted molar refractivity (Wildman–Crippen MR) is 80.9 cm³/mol. The molecule has 0 aliphatic heterocycles. The molecule has 0 fully saturated rings. The largest absolute Gasteiger partial charge is 0.480 e. The van der Waals surface area contributed by atoms with Gasteiger partial charge in [0.1, 0.15) is 11.6 Å². The zero-order valence-corrected chi connectivity index (χ0v) is 13.3. The van der Waals surface area contributed by atoms with Crippen molar-refractivity contribution in [3.63, 3.8) is 0 Å². The number of carboxylic acid groups (broad SMARTS) is 1. The van der Waals surface area contributed by atoms with Gasteiger partial charge in [-0.25, -0.2) is 14.3 Å². The number of carboxylic acids is 1. The van der Waals surface area contributed by atoms with Crippen molar-refractivity contribution in [1.29, 1.82) is 0 Å². The van der Waals surface area contributed by atoms with Crippen LogP contribution in [0, 0.1) is 26.7 Å². The maximum Gasteiger partial charge on any atom is 0.326 e. The molecule has 0 bridgehead atoms. The Morgan fingerprint density at radius 3 is 2.45 bits per heavy atom. The molecule has 2 rings (SSSR count). The number of aromatic nitrogens is 3. The molecule has 1 amide bonds. The Labute approximate surface area is 128 Å². The van der Waals surface area contributed by atoms with Crippen LogP contribution >= 0.6 is 0 Å². The predicted octanol–water partition coefficient (Wildman–Crippen LogP) is 1.49. The van der Waals surface area contributed by atoms with Crippen LogP contribution in [0.15, 0.2) is 6.07 Å². The Morgan fingerprint density at radius 2 is 1.91 bits per heavy atom. The zero-order chi connectivity index (χ0) is 16.6. The highest BCUT2D eigenvalue weighted by atomic mass is 16.4. The van der Waals surface area contributed by atoms with Crippen LogP contribution in [-0.4, -0.2) is 37.6 Å². The van der Waals surface area contributed by atoms with Crippen LogP contribution in [0.4, 0.5) is 0 Å². The first kappa shape index (κ1) is 15.9. The maximum absolute atomic E-state index is 12.5. The van der Waals surface area contributed by atoms with Gasteiger partial charge in [-0.15, -0.1) is 0 Å². The number of hydrogen-bond acceptors (Lipinski definition) is 4. The van der Waals surface area contributed by atoms with Crippen LogP contribution in [0.3, 0.4) is 0 Å². The first-order valence-electron chi connectivity index (χ1n) is 7.09. The Kier molecular flexibility index (Phi) is 4.16. The highest BCUT2D eigenvalue weighted by molar-refractivity contribution is 6.02. The molecule has 2 aromatic rings. The summed E-state index contributed by atoms with van der Waals surface area (Å²) in [5.74, 6) is -1.75. The summed E-state index contributed by atoms with van der Waals surface area (Å²) < 4.78 is 1.60. The average molecular weight is 304 g/mol. The van der Waals surface area contributed by atoms with Crippen LogP contribution in [0.5, 0.6) is 0 Å². The van der Waals surface area contributed by atoms with Gasteiger partial charge in [0.15, 0.2) is 5.65 Å². The number of amides is 1. The number of nitrogens with zero attached hydrogens (tertiary/aromatic N) is 3. The fourth-order valence-corrected chi connectivity index (χ4v) is 2.42. The van der Waals surface area contributed by atoms with Crippen LogP contribution in [0.2, 0.25) is 0 Å². The van der Waals surface area contributed by atoms with Crippen LogP contribution in [-0.2, 0) is 4.79 Å². The second kappa shape index (κ2) is 5.75. The fraction of sp³-hybridized carbons (Fsp3) is 0.467. The van der Waals surface area contributed by atoms with E-state index >= 15 is 0 Å². The highest BCUT2D eigenvalue weighted by Gasteiger charge is 2.27. The number of carbonyl (C=O) groups excluding carboxylic acids is 1. The summed E-state index contributed by atoms with van der Waals surface area (Å²) in [6.07, 6.45) is 0. The number of hydrogen-bond donors (Lipinski definition) is 2. The van der Waals surface area contributed by atoms with Gasteiger partial charge in [-0.3, -0.25) is 4.79 Å². The molecule has 2 heterocycles. The lowest BCUT2D eigenvalue weighted by Crippen LogP contribution is -2.44. The Morgan fingerprint density at radius 1 is 1.27 bits per heavy atom. The van der Waals surface area contributed by atoms with Gasteiger partial charge in [0.2, 0.25) is 0 Å². The first-order chi connectivity index (χ1) is 10.2. The number of aryl methyl sites for hydroxylation is 3. The van der Waals surface area contributed by atoms with E-state index in [0.717, 1.165) is 11.4 Å². The van der Waals surface area contributed by atoms with E-state index in [1.165, 1.54) is 0 Å². The summed E-state index contributed by atoms with van der Waals surface area (Å²) in [6.45, 7) is 8.92. The van der Waals surface area contributed by atoms with Crippen molar-refractivity contribution in [2.24, 2.45) is 5.92 Å². The van der Waals surface area contributed by atoms with Gasteiger partial charge in [-0.05, 0) is 32.8 Å². The molecule has 2 N–H and O–H groups in total. The molecule has 1 atom stereocenters. The first-order valence-corrected chi connectivity index (χ1v) is 7.09. The minimum absolute atomic E-state index is 0.222. The van der Waals surface area contributed by atoms with Gasteiger partial charge in [0.05, 0.1) is 5.69 Å². The highest BCUT2D eigenvalue weighted by Crippen LogP contribution is 2.17. The number of rotatable bonds is 4. The molecule has 7 nitrogen and oxygen atoms in total. The SMILES string of the molecule is Cc1cc(C)n2nc(C)c(C(=O)N[C@@H](C(=O)O)C(C)C)c2n1. The van der Waals surface area contributed by atoms with Gasteiger partial charge in [0, 0.05) is 11.4 Å². The summed E-state index contributed by atoms with van der Waals surface area (Å²) in [4.78, 5) is 28.1. The summed E-state index contributed by atoms with van der Waals surface area (Å²) in [6, 6.07) is 0.919. The van der Waals surface area contributed by atoms with Crippen LogP contribution in [0.1, 0.15) is 41.3 Å². The van der Waals surface area contributed by atoms with Gasteiger partial charge in [-0.1, -0.05) is 13.8 Å². The quantitative estimate of drug-likeness (QED) is 0.892. The Bertz CT molecular complexity index is 749. The average Bonchev–Trinajstić information content (AvgIpc) is 2.71. The van der Waals surface area contributed by atoms with Crippen molar-refractivity contribution >= 4 is 17.5 Å². The number of nitrogens with one attached hydrogen (secondary N) is 1. The van der Waals surface area contributed by atoms with E-state index in [1.807, 2.05) is 19.9 Å². The summed E-state index contributed by atoms with van der Waals surface area (Å²) >= 11 is 0. The van der Waals surface area contributed by atoms with Crippen molar-refractivity contribution in [1.82, 2.24) is 19.9 Å². The molecule has 0 saturated heterocycles. The van der Waals surface area contributed by atoms with Crippen molar-refractivity contribution in [3.05, 3.63) is 28.7 Å². The Hall–Kier alpha value is -2.44. The molecule has 0 aromatic carbocycles. The minimum atomic E-state index is -1.06. The summed E-state index contributed by atoms with van der Waals surface area (Å²) in [7, 11) is 0. The van der Waals surface area contributed by atoms with E-state index in [2.05, 4.69) is 15.4 Å². The second-order valence-corrected chi connectivity index (χ2v) is 5.77. The molecular weight excluding hydrogens is 284 g/mol. The molecular formula is C15H20N4O3. The minimum Gasteiger partial charge on any atom is -0.480 e. The van der Waals surface area contributed by atoms with E-state index in [-0.39, 0.29) is 5.92 Å². The molecule has 0 unspecified atom stereocenters. The zero-order valence-electron chi connectivity index (χ0n) is 13.3. The maximum atomic E-state index is 12.5. The molecule has 0 spiro atoms. The van der Waals surface area contributed by atoms with E-state index < -0.39 is 17.9 Å². The molecule has 2 aromatic heterocycles. The second-order valence-electron chi connectivity index (χ2n) is 5.77. The normalized spacial score (nSPS) is 12.6. The van der Waals surface area contributed by atoms with Gasteiger partial charge >= 0.3 is 5.97 Å². The fourth-order valence-electron chi connectivity index (χ4n) is 2.42. The Balaban J connectivity index is 2.48. The number of aliphatic carboxylic acids is 1. The molecule has 0 saturated carbocycles. The lowest BCUT2D eigenvalue weighted by Gasteiger charge is -2.17. The lowest BCUT2D eigenvalue weighted by atomic mass is 10.0. The third kappa shape index (κ3) is 2.79. The standard InChI is InChI=1S/C15H20N4O3/c1-7(2)12(15(21)22)17-14(20)11-10(5)18-19-9(4)6-8(3)16-13(11)19/h6-7,12H,1-5H3,(H,17,20)(H,21,22)/t12-/m1/s1. The van der Waals surface area contributed by atoms with Crippen molar-refractivity contribution in [2.45, 2.75) is 40.7 Å². The van der Waals surface area contributed by atoms with Crippen LogP contribution in [0.25, 0.3) is 5.65 Å². The van der Waals surface area contributed by atoms with Gasteiger partial charge < -0.3 is 10.4 Å². The number of fused-ring (bicyclic) bond motifs is 1. The molecule has 0 radical (unpaired) electrons. The molecule has 22 heavy (non-hydrogen) atoms. The lowest BCUT2D eigenvalue weighted by molar-refractivity contribution is -0.140. The third-order valence-corrected chi connectivity index (χ3v) is 3.52. The molecule has 118 valence electrons. The number of carbonyl (C=O) groups is 2. The van der Waals surface area contributed by atoms with E-state index in [9.17, 15) is 14.7 Å². The van der Waals surface area contributed by atoms with Gasteiger partial charge in [-0.2, -0.15) is 5.10 Å². The molecule has 0 aliphatic rings. The van der Waals surface area contributed by atoms with Crippen molar-refractivity contribution < 1.29 is 14.7 Å². The van der Waals surface area contributed by atoms with Crippen molar-refractivity contribution in [3.8, 4) is 0 Å². The van der Waals surface area contributed by atoms with Crippen LogP contribution < -0.4 is 5.32 Å². The van der Waals surface area contributed by atoms with E-state index in [0.29, 0.717) is 16.9 Å². The topological polar surface area (TPSA) is 96.6 Å². The molecule has 7 heteroatoms. The summed E-state index contributed by atoms with van der Waals surface area (Å²) in [5.41, 5.74) is 2.92. The monoisotopic (exact) mass is 304 g/mol. The summed E-state index contributed by atoms with van der Waals surface area (Å²) in [5, 5.41) is 16.1. The van der Waals surface area contributed by atoms with Crippen molar-refractivity contribution in [2.75, 3.05) is 0 Å². The third-order valence-electron chi connectivity index (χ3n) is 3.52. The molecule has 0 aliphatic carbocycles. The smallest absolute Gasteiger partial charge is 0.326 e. The van der Waals surface area contributed by atoms with E-state index in [4.69, 9.17) is 0 Å². The van der Waals surface area contributed by atoms with E-state index in [1.54, 1.807) is 25.3 Å².